The lowest BCUT2D eigenvalue weighted by molar-refractivity contribution is 0.0138. The Bertz CT molecular complexity index is 717. The van der Waals surface area contributed by atoms with Gasteiger partial charge in [-0.25, -0.2) is 4.79 Å². The molecular weight excluding hydrogens is 464 g/mol. The zero-order valence-electron chi connectivity index (χ0n) is 17.8. The van der Waals surface area contributed by atoms with Crippen LogP contribution in [0.5, 0.6) is 0 Å². The van der Waals surface area contributed by atoms with Crippen LogP contribution in [0, 0.1) is 11.8 Å². The summed E-state index contributed by atoms with van der Waals surface area (Å²) in [6.07, 6.45) is 10.7. The maximum Gasteiger partial charge on any atom is 0.410 e. The van der Waals surface area contributed by atoms with Crippen molar-refractivity contribution in [1.29, 1.82) is 0 Å². The van der Waals surface area contributed by atoms with Gasteiger partial charge in [-0.05, 0) is 87.8 Å². The van der Waals surface area contributed by atoms with Crippen molar-refractivity contribution in [2.24, 2.45) is 11.8 Å². The van der Waals surface area contributed by atoms with Gasteiger partial charge in [-0.2, -0.15) is 0 Å². The van der Waals surface area contributed by atoms with E-state index in [9.17, 15) is 4.79 Å². The zero-order chi connectivity index (χ0) is 20.9. The minimum absolute atomic E-state index is 0.0776. The molecule has 2 aliphatic heterocycles. The average Bonchev–Trinajstić information content (AvgIpc) is 2.77. The van der Waals surface area contributed by atoms with Crippen molar-refractivity contribution in [2.75, 3.05) is 32.8 Å². The number of piperidine rings is 1. The van der Waals surface area contributed by atoms with Gasteiger partial charge in [-0.15, -0.1) is 0 Å². The van der Waals surface area contributed by atoms with Crippen molar-refractivity contribution in [2.45, 2.75) is 63.8 Å². The number of carbonyl (C=O) groups is 1. The summed E-state index contributed by atoms with van der Waals surface area (Å²) in [5.74, 6) is 1.21. The fourth-order valence-corrected chi connectivity index (χ4v) is 5.94. The van der Waals surface area contributed by atoms with Crippen molar-refractivity contribution in [3.63, 3.8) is 0 Å². The van der Waals surface area contributed by atoms with Gasteiger partial charge < -0.3 is 14.5 Å². The first-order chi connectivity index (χ1) is 14.6. The molecule has 1 aromatic carbocycles. The van der Waals surface area contributed by atoms with E-state index in [2.05, 4.69) is 33.0 Å². The summed E-state index contributed by atoms with van der Waals surface area (Å²) in [5, 5.41) is 0.820. The molecule has 1 atom stereocenters. The van der Waals surface area contributed by atoms with Gasteiger partial charge >= 0.3 is 6.09 Å². The second-order valence-electron chi connectivity index (χ2n) is 9.40. The van der Waals surface area contributed by atoms with E-state index in [1.807, 2.05) is 11.0 Å². The van der Waals surface area contributed by atoms with Crippen LogP contribution in [-0.2, 0) is 11.2 Å². The van der Waals surface area contributed by atoms with Crippen molar-refractivity contribution >= 4 is 33.6 Å². The maximum atomic E-state index is 12.3. The molecule has 0 spiro atoms. The Hall–Kier alpha value is -0.780. The third-order valence-electron chi connectivity index (χ3n) is 7.22. The quantitative estimate of drug-likeness (QED) is 0.473. The smallest absolute Gasteiger partial charge is 0.410 e. The second-order valence-corrected chi connectivity index (χ2v) is 10.7. The summed E-state index contributed by atoms with van der Waals surface area (Å²) in [7, 11) is 0. The van der Waals surface area contributed by atoms with Gasteiger partial charge in [0.05, 0.1) is 6.61 Å². The fraction of sp³-hybridized carbons (Fsp3) is 0.708. The number of amides is 1. The van der Waals surface area contributed by atoms with Crippen LogP contribution in [0.4, 0.5) is 4.79 Å². The predicted molar refractivity (Wildman–Crippen MR) is 125 cm³/mol. The van der Waals surface area contributed by atoms with Gasteiger partial charge in [0.1, 0.15) is 0 Å². The minimum Gasteiger partial charge on any atom is -0.449 e. The van der Waals surface area contributed by atoms with Gasteiger partial charge in [-0.1, -0.05) is 46.8 Å². The first-order valence-electron chi connectivity index (χ1n) is 11.7. The lowest BCUT2D eigenvalue weighted by Crippen LogP contribution is -2.49. The summed E-state index contributed by atoms with van der Waals surface area (Å²) < 4.78 is 6.72. The number of hydrogen-bond acceptors (Lipinski definition) is 3. The van der Waals surface area contributed by atoms with Gasteiger partial charge in [0.2, 0.25) is 0 Å². The molecule has 0 radical (unpaired) electrons. The molecule has 0 bridgehead atoms. The normalized spacial score (nSPS) is 24.8. The van der Waals surface area contributed by atoms with Crippen molar-refractivity contribution in [3.05, 3.63) is 33.3 Å². The Morgan fingerprint density at radius 1 is 1.07 bits per heavy atom. The van der Waals surface area contributed by atoms with E-state index in [0.717, 1.165) is 49.7 Å². The highest BCUT2D eigenvalue weighted by atomic mass is 79.9. The summed E-state index contributed by atoms with van der Waals surface area (Å²) in [4.78, 5) is 16.9. The van der Waals surface area contributed by atoms with Crippen molar-refractivity contribution < 1.29 is 9.53 Å². The molecule has 6 heteroatoms. The van der Waals surface area contributed by atoms with E-state index >= 15 is 0 Å². The molecule has 1 aliphatic carbocycles. The van der Waals surface area contributed by atoms with Crippen molar-refractivity contribution in [3.8, 4) is 0 Å². The molecule has 3 fully saturated rings. The Morgan fingerprint density at radius 3 is 2.60 bits per heavy atom. The minimum atomic E-state index is -0.0776. The van der Waals surface area contributed by atoms with E-state index in [1.165, 1.54) is 55.2 Å². The number of carbonyl (C=O) groups excluding carboxylic acids is 1. The third kappa shape index (κ3) is 5.92. The largest absolute Gasteiger partial charge is 0.449 e. The molecule has 0 N–H and O–H groups in total. The molecular formula is C24H34BrClN2O2. The summed E-state index contributed by atoms with van der Waals surface area (Å²) in [5.41, 5.74) is 1.33. The highest BCUT2D eigenvalue weighted by molar-refractivity contribution is 9.10. The first-order valence-corrected chi connectivity index (χ1v) is 12.9. The summed E-state index contributed by atoms with van der Waals surface area (Å²) in [6, 6.07) is 6.51. The molecule has 2 heterocycles. The molecule has 166 valence electrons. The summed E-state index contributed by atoms with van der Waals surface area (Å²) >= 11 is 9.84. The third-order valence-corrected chi connectivity index (χ3v) is 8.23. The molecule has 2 saturated heterocycles. The van der Waals surface area contributed by atoms with E-state index in [-0.39, 0.29) is 6.09 Å². The molecule has 4 rings (SSSR count). The number of hydrogen-bond donors (Lipinski definition) is 0. The number of cyclic esters (lactones) is 1. The van der Waals surface area contributed by atoms with Crippen molar-refractivity contribution in [1.82, 2.24) is 9.80 Å². The number of halogens is 2. The number of benzene rings is 1. The van der Waals surface area contributed by atoms with Gasteiger partial charge in [-0.3, -0.25) is 0 Å². The average molecular weight is 498 g/mol. The van der Waals surface area contributed by atoms with Crippen LogP contribution in [0.1, 0.15) is 56.9 Å². The molecule has 1 unspecified atom stereocenters. The summed E-state index contributed by atoms with van der Waals surface area (Å²) in [6.45, 7) is 4.95. The second kappa shape index (κ2) is 10.7. The number of likely N-dealkylation sites (tertiary alicyclic amines) is 1. The molecule has 1 aromatic rings. The number of nitrogens with zero attached hydrogens (tertiary/aromatic N) is 2. The van der Waals surface area contributed by atoms with Crippen LogP contribution in [0.15, 0.2) is 22.7 Å². The van der Waals surface area contributed by atoms with Gasteiger partial charge in [0.25, 0.3) is 0 Å². The Kier molecular flexibility index (Phi) is 7.99. The van der Waals surface area contributed by atoms with Crippen LogP contribution in [0.25, 0.3) is 0 Å². The molecule has 3 aliphatic rings. The van der Waals surface area contributed by atoms with Crippen LogP contribution < -0.4 is 0 Å². The lowest BCUT2D eigenvalue weighted by Gasteiger charge is -2.40. The Morgan fingerprint density at radius 2 is 1.83 bits per heavy atom. The first kappa shape index (κ1) is 22.4. The fourth-order valence-electron chi connectivity index (χ4n) is 5.33. The predicted octanol–water partition coefficient (Wildman–Crippen LogP) is 6.15. The van der Waals surface area contributed by atoms with Gasteiger partial charge in [0, 0.05) is 28.0 Å². The van der Waals surface area contributed by atoms with E-state index < -0.39 is 0 Å². The van der Waals surface area contributed by atoms with Crippen LogP contribution in [0.3, 0.4) is 0 Å². The zero-order valence-corrected chi connectivity index (χ0v) is 20.2. The molecule has 1 amide bonds. The SMILES string of the molecule is O=C1OCC(CCN2CCC(Cc3cc(Cl)ccc3Br)CC2)CN1C1CCCCC1. The lowest BCUT2D eigenvalue weighted by atomic mass is 9.89. The number of rotatable bonds is 6. The topological polar surface area (TPSA) is 32.8 Å². The molecule has 30 heavy (non-hydrogen) atoms. The number of ether oxygens (including phenoxy) is 1. The molecule has 0 aromatic heterocycles. The Labute approximate surface area is 194 Å². The van der Waals surface area contributed by atoms with E-state index in [1.54, 1.807) is 0 Å². The van der Waals surface area contributed by atoms with E-state index in [4.69, 9.17) is 16.3 Å². The highest BCUT2D eigenvalue weighted by Crippen LogP contribution is 2.29. The van der Waals surface area contributed by atoms with Crippen LogP contribution in [0.2, 0.25) is 5.02 Å². The maximum absolute atomic E-state index is 12.3. The highest BCUT2D eigenvalue weighted by Gasteiger charge is 2.33. The van der Waals surface area contributed by atoms with Crippen LogP contribution in [-0.4, -0.2) is 54.7 Å². The van der Waals surface area contributed by atoms with Crippen LogP contribution >= 0.6 is 27.5 Å². The molecule has 1 saturated carbocycles. The standard InChI is InChI=1S/C24H34BrClN2O2/c25-23-7-6-21(26)15-20(23)14-18-8-11-27(12-9-18)13-10-19-16-28(24(29)30-17-19)22-4-2-1-3-5-22/h6-7,15,18-19,22H,1-5,8-14,16-17H2. The monoisotopic (exact) mass is 496 g/mol. The molecule has 4 nitrogen and oxygen atoms in total. The van der Waals surface area contributed by atoms with E-state index in [0.29, 0.717) is 18.6 Å². The Balaban J connectivity index is 1.20. The van der Waals surface area contributed by atoms with Gasteiger partial charge in [0.15, 0.2) is 0 Å².